The Labute approximate surface area is 412 Å². The molecule has 10 rings (SSSR count). The van der Waals surface area contributed by atoms with Crippen molar-refractivity contribution in [3.63, 3.8) is 0 Å². The highest BCUT2D eigenvalue weighted by Crippen LogP contribution is 2.64. The molecule has 0 fully saturated rings. The van der Waals surface area contributed by atoms with Crippen LogP contribution in [0.25, 0.3) is 66.8 Å². The molecule has 0 heterocycles. The lowest BCUT2D eigenvalue weighted by Gasteiger charge is -2.32. The van der Waals surface area contributed by atoms with E-state index in [2.05, 4.69) is 60.7 Å². The van der Waals surface area contributed by atoms with Gasteiger partial charge in [-0.05, 0) is 228 Å². The molecule has 0 radical (unpaired) electrons. The number of rotatable bonds is 6. The van der Waals surface area contributed by atoms with Gasteiger partial charge in [0.05, 0.1) is 5.41 Å². The molecule has 0 saturated carbocycles. The number of aryl methyl sites for hydroxylation is 2. The second kappa shape index (κ2) is 16.9. The summed E-state index contributed by atoms with van der Waals surface area (Å²) in [6.45, 7) is 14.3. The van der Waals surface area contributed by atoms with E-state index in [9.17, 15) is 30.0 Å². The van der Waals surface area contributed by atoms with Crippen molar-refractivity contribution in [2.24, 2.45) is 0 Å². The van der Waals surface area contributed by atoms with Crippen molar-refractivity contribution in [3.8, 4) is 101 Å². The molecule has 1 spiro atoms. The largest absolute Gasteiger partial charge is 0.514 e. The average molecular weight is 945 g/mol. The van der Waals surface area contributed by atoms with Crippen molar-refractivity contribution in [3.05, 3.63) is 179 Å². The summed E-state index contributed by atoms with van der Waals surface area (Å²) in [6.07, 6.45) is -1.81. The smallest absolute Gasteiger partial charge is 0.508 e. The zero-order valence-electron chi connectivity index (χ0n) is 40.6. The number of benzene rings is 8. The van der Waals surface area contributed by atoms with Gasteiger partial charge < -0.3 is 39.4 Å². The van der Waals surface area contributed by atoms with Crippen LogP contribution in [-0.4, -0.2) is 43.9 Å². The third-order valence-corrected chi connectivity index (χ3v) is 12.7. The first-order valence-electron chi connectivity index (χ1n) is 23.3. The number of fused-ring (bicyclic) bond motifs is 10. The predicted molar refractivity (Wildman–Crippen MR) is 274 cm³/mol. The van der Waals surface area contributed by atoms with Gasteiger partial charge in [-0.3, -0.25) is 0 Å². The fraction of sp³-hybridized carbons (Fsp3) is 0.180. The van der Waals surface area contributed by atoms with E-state index in [0.717, 1.165) is 89.0 Å². The highest BCUT2D eigenvalue weighted by atomic mass is 16.7. The highest BCUT2D eigenvalue weighted by Gasteiger charge is 2.52. The lowest BCUT2D eigenvalue weighted by molar-refractivity contribution is 0.0192. The van der Waals surface area contributed by atoms with Gasteiger partial charge in [0.25, 0.3) is 0 Å². The quantitative estimate of drug-likeness (QED) is 0.0936. The van der Waals surface area contributed by atoms with Crippen molar-refractivity contribution >= 4 is 12.3 Å². The molecule has 0 aliphatic heterocycles. The SMILES string of the molecule is Cc1cc(O)cc(-c2ccc3c(c2)C2(c4cc(-c5cc(C)cc(O)c5)ccc4-c4ccc(-c5cc(O)cc(OC(=O)OC(C)(C)C)c5)cc42)c2cc(-c4cc(O)cc(OC(=O)OC(C)(C)C)c4)ccc2-3)c1. The Balaban J connectivity index is 1.24. The van der Waals surface area contributed by atoms with E-state index in [1.165, 1.54) is 12.1 Å². The topological polar surface area (TPSA) is 152 Å². The van der Waals surface area contributed by atoms with Crippen molar-refractivity contribution < 1.29 is 49.0 Å². The molecule has 71 heavy (non-hydrogen) atoms. The van der Waals surface area contributed by atoms with Gasteiger partial charge in [-0.1, -0.05) is 60.7 Å². The van der Waals surface area contributed by atoms with Gasteiger partial charge in [-0.15, -0.1) is 0 Å². The average Bonchev–Trinajstić information content (AvgIpc) is 3.72. The number of hydrogen-bond donors (Lipinski definition) is 4. The van der Waals surface area contributed by atoms with Crippen LogP contribution in [0.3, 0.4) is 0 Å². The lowest BCUT2D eigenvalue weighted by Crippen LogP contribution is -2.26. The molecule has 0 atom stereocenters. The summed E-state index contributed by atoms with van der Waals surface area (Å²) >= 11 is 0. The van der Waals surface area contributed by atoms with E-state index < -0.39 is 28.9 Å². The summed E-state index contributed by atoms with van der Waals surface area (Å²) in [5.41, 5.74) is 12.9. The van der Waals surface area contributed by atoms with E-state index in [1.807, 2.05) is 38.1 Å². The summed E-state index contributed by atoms with van der Waals surface area (Å²) in [5, 5.41) is 44.0. The van der Waals surface area contributed by atoms with Crippen LogP contribution >= 0.6 is 0 Å². The number of carbonyl (C=O) groups is 2. The van der Waals surface area contributed by atoms with Gasteiger partial charge in [-0.2, -0.15) is 0 Å². The zero-order valence-corrected chi connectivity index (χ0v) is 40.6. The molecular formula is C61H52O10. The van der Waals surface area contributed by atoms with Gasteiger partial charge in [-0.25, -0.2) is 9.59 Å². The minimum Gasteiger partial charge on any atom is -0.508 e. The van der Waals surface area contributed by atoms with Crippen LogP contribution in [0.4, 0.5) is 9.59 Å². The Bertz CT molecular complexity index is 3240. The van der Waals surface area contributed by atoms with Crippen LogP contribution < -0.4 is 9.47 Å². The number of phenolic OH excluding ortho intramolecular Hbond substituents is 4. The molecule has 0 unspecified atom stereocenters. The maximum Gasteiger partial charge on any atom is 0.514 e. The van der Waals surface area contributed by atoms with E-state index in [-0.39, 0.29) is 34.5 Å². The maximum absolute atomic E-state index is 12.9. The van der Waals surface area contributed by atoms with Gasteiger partial charge in [0.2, 0.25) is 0 Å². The third-order valence-electron chi connectivity index (χ3n) is 12.7. The Hall–Kier alpha value is -8.50. The van der Waals surface area contributed by atoms with E-state index in [4.69, 9.17) is 18.9 Å². The van der Waals surface area contributed by atoms with Crippen molar-refractivity contribution in [1.29, 1.82) is 0 Å². The first-order valence-corrected chi connectivity index (χ1v) is 23.3. The van der Waals surface area contributed by atoms with Crippen LogP contribution in [0.5, 0.6) is 34.5 Å². The maximum atomic E-state index is 12.9. The molecule has 0 saturated heterocycles. The molecule has 0 amide bonds. The molecule has 10 nitrogen and oxygen atoms in total. The van der Waals surface area contributed by atoms with Crippen molar-refractivity contribution in [2.45, 2.75) is 72.0 Å². The predicted octanol–water partition coefficient (Wildman–Crippen LogP) is 14.8. The van der Waals surface area contributed by atoms with Crippen LogP contribution in [0.1, 0.15) is 74.9 Å². The van der Waals surface area contributed by atoms with Crippen LogP contribution in [0.15, 0.2) is 146 Å². The van der Waals surface area contributed by atoms with Crippen LogP contribution in [-0.2, 0) is 14.9 Å². The van der Waals surface area contributed by atoms with Gasteiger partial charge in [0.1, 0.15) is 45.7 Å². The van der Waals surface area contributed by atoms with E-state index in [1.54, 1.807) is 90.1 Å². The minimum atomic E-state index is -1.04. The summed E-state index contributed by atoms with van der Waals surface area (Å²) in [7, 11) is 0. The van der Waals surface area contributed by atoms with Crippen molar-refractivity contribution in [1.82, 2.24) is 0 Å². The lowest BCUT2D eigenvalue weighted by atomic mass is 9.69. The highest BCUT2D eigenvalue weighted by molar-refractivity contribution is 5.99. The Morgan fingerprint density at radius 2 is 0.648 bits per heavy atom. The van der Waals surface area contributed by atoms with Crippen LogP contribution in [0, 0.1) is 13.8 Å². The monoisotopic (exact) mass is 944 g/mol. The molecule has 356 valence electrons. The summed E-state index contributed by atoms with van der Waals surface area (Å²) in [6, 6.07) is 45.6. The van der Waals surface area contributed by atoms with Gasteiger partial charge >= 0.3 is 12.3 Å². The summed E-state index contributed by atoms with van der Waals surface area (Å²) in [5.74, 6) is 0.285. The standard InChI is InChI=1S/C61H52O10/c1-33-17-39(21-43(62)19-33)35-9-13-49-51-15-11-37(41-23-45(64)31-47(25-41)68-57(66)70-59(3,4)5)29-55(51)61(53(49)27-35)54-28-36(40-18-34(2)20-44(63)22-40)10-14-50(54)52-16-12-38(30-56(52)61)42-24-46(65)32-48(26-42)69-58(67)71-60(6,7)8/h9-32,62-65H,1-8H3. The van der Waals surface area contributed by atoms with Gasteiger partial charge in [0.15, 0.2) is 0 Å². The molecule has 2 aliphatic rings. The summed E-state index contributed by atoms with van der Waals surface area (Å²) in [4.78, 5) is 25.7. The molecule has 8 aromatic carbocycles. The first-order chi connectivity index (χ1) is 33.6. The molecule has 10 heteroatoms. The molecular weight excluding hydrogens is 893 g/mol. The second-order valence-corrected chi connectivity index (χ2v) is 20.5. The number of phenols is 4. The Morgan fingerprint density at radius 1 is 0.366 bits per heavy atom. The second-order valence-electron chi connectivity index (χ2n) is 20.5. The number of hydrogen-bond acceptors (Lipinski definition) is 10. The Morgan fingerprint density at radius 3 is 0.930 bits per heavy atom. The van der Waals surface area contributed by atoms with Crippen molar-refractivity contribution in [2.75, 3.05) is 0 Å². The molecule has 0 aromatic heterocycles. The molecule has 4 N–H and O–H groups in total. The number of aromatic hydroxyl groups is 4. The Kier molecular flexibility index (Phi) is 11.0. The normalized spacial score (nSPS) is 13.0. The first kappa shape index (κ1) is 46.2. The van der Waals surface area contributed by atoms with Gasteiger partial charge in [0, 0.05) is 12.1 Å². The van der Waals surface area contributed by atoms with Crippen LogP contribution in [0.2, 0.25) is 0 Å². The fourth-order valence-electron chi connectivity index (χ4n) is 10.2. The molecule has 8 aromatic rings. The minimum absolute atomic E-state index is 0.104. The fourth-order valence-corrected chi connectivity index (χ4v) is 10.2. The number of ether oxygens (including phenoxy) is 4. The zero-order chi connectivity index (χ0) is 50.3. The number of carbonyl (C=O) groups excluding carboxylic acids is 2. The van der Waals surface area contributed by atoms with E-state index in [0.29, 0.717) is 11.1 Å². The summed E-state index contributed by atoms with van der Waals surface area (Å²) < 4.78 is 22.1. The molecule has 0 bridgehead atoms. The molecule has 2 aliphatic carbocycles. The third kappa shape index (κ3) is 8.78. The van der Waals surface area contributed by atoms with E-state index >= 15 is 0 Å².